The van der Waals surface area contributed by atoms with Crippen LogP contribution in [0.3, 0.4) is 0 Å². The summed E-state index contributed by atoms with van der Waals surface area (Å²) < 4.78 is 16.8. The fourth-order valence-electron chi connectivity index (χ4n) is 8.41. The molecule has 436 valence electrons. The van der Waals surface area contributed by atoms with Crippen LogP contribution in [-0.4, -0.2) is 37.2 Å². The second-order valence-corrected chi connectivity index (χ2v) is 20.6. The average molecular weight is 1070 g/mol. The zero-order chi connectivity index (χ0) is 55.7. The highest BCUT2D eigenvalue weighted by molar-refractivity contribution is 5.71. The van der Waals surface area contributed by atoms with Gasteiger partial charge in [-0.05, 0) is 122 Å². The standard InChI is InChI=1S/C71H116O6/c1-4-7-10-13-16-18-20-22-24-26-28-30-31-32-33-34-35-36-37-38-39-41-42-44-46-48-50-52-55-58-61-64-70(73)76-67-68(66-75-69(72)63-60-57-54-15-12-9-6-3)77-71(74)65-62-59-56-53-51-49-47-45-43-40-29-27-25-23-21-19-17-14-11-8-5-2/h7,10,16,18,21-24,27-30,32-33,35-36,38-39,42-45,68H,4-6,8-9,11-15,17,19-20,25-26,31,34,37,40-41,46-67H2,1-3H3/b10-7-,18-16-,23-21-,24-22-,29-27-,30-28-,33-32-,36-35-,39-38-,44-42-,45-43-. The van der Waals surface area contributed by atoms with Gasteiger partial charge < -0.3 is 14.2 Å². The lowest BCUT2D eigenvalue weighted by atomic mass is 10.1. The van der Waals surface area contributed by atoms with Gasteiger partial charge in [-0.1, -0.05) is 270 Å². The first-order valence-corrected chi connectivity index (χ1v) is 31.7. The van der Waals surface area contributed by atoms with Crippen molar-refractivity contribution in [3.05, 3.63) is 134 Å². The Morgan fingerprint density at radius 3 is 0.792 bits per heavy atom. The second kappa shape index (κ2) is 64.1. The summed E-state index contributed by atoms with van der Waals surface area (Å²) in [6, 6.07) is 0. The minimum absolute atomic E-state index is 0.0906. The summed E-state index contributed by atoms with van der Waals surface area (Å²) >= 11 is 0. The Bertz CT molecular complexity index is 1650. The fraction of sp³-hybridized carbons (Fsp3) is 0.648. The maximum Gasteiger partial charge on any atom is 0.306 e. The summed E-state index contributed by atoms with van der Waals surface area (Å²) in [7, 11) is 0. The highest BCUT2D eigenvalue weighted by atomic mass is 16.6. The number of allylic oxidation sites excluding steroid dienone is 22. The van der Waals surface area contributed by atoms with Crippen LogP contribution in [0.4, 0.5) is 0 Å². The van der Waals surface area contributed by atoms with Gasteiger partial charge in [0.2, 0.25) is 0 Å². The third-order valence-electron chi connectivity index (χ3n) is 13.1. The van der Waals surface area contributed by atoms with Crippen molar-refractivity contribution in [2.45, 2.75) is 284 Å². The number of ether oxygens (including phenoxy) is 3. The quantitative estimate of drug-likeness (QED) is 0.0261. The van der Waals surface area contributed by atoms with Gasteiger partial charge in [-0.25, -0.2) is 0 Å². The maximum absolute atomic E-state index is 12.8. The molecule has 1 unspecified atom stereocenters. The number of unbranched alkanes of at least 4 members (excludes halogenated alkanes) is 23. The van der Waals surface area contributed by atoms with E-state index in [4.69, 9.17) is 14.2 Å². The van der Waals surface area contributed by atoms with E-state index in [0.717, 1.165) is 148 Å². The predicted octanol–water partition coefficient (Wildman–Crippen LogP) is 21.8. The van der Waals surface area contributed by atoms with E-state index in [2.05, 4.69) is 154 Å². The van der Waals surface area contributed by atoms with Crippen molar-refractivity contribution in [1.82, 2.24) is 0 Å². The molecule has 0 radical (unpaired) electrons. The minimum atomic E-state index is -0.793. The molecule has 0 spiro atoms. The molecular formula is C71H116O6. The van der Waals surface area contributed by atoms with E-state index in [1.807, 2.05) is 0 Å². The lowest BCUT2D eigenvalue weighted by Crippen LogP contribution is -2.30. The van der Waals surface area contributed by atoms with Gasteiger partial charge in [0.05, 0.1) is 0 Å². The zero-order valence-corrected chi connectivity index (χ0v) is 49.9. The Morgan fingerprint density at radius 2 is 0.506 bits per heavy atom. The zero-order valence-electron chi connectivity index (χ0n) is 49.9. The molecule has 0 aromatic heterocycles. The molecule has 0 N–H and O–H groups in total. The van der Waals surface area contributed by atoms with Crippen LogP contribution in [-0.2, 0) is 28.6 Å². The van der Waals surface area contributed by atoms with Crippen LogP contribution in [0, 0.1) is 0 Å². The Hall–Kier alpha value is -4.45. The minimum Gasteiger partial charge on any atom is -0.462 e. The van der Waals surface area contributed by atoms with Gasteiger partial charge in [0.1, 0.15) is 13.2 Å². The molecule has 0 aromatic rings. The lowest BCUT2D eigenvalue weighted by Gasteiger charge is -2.18. The van der Waals surface area contributed by atoms with Gasteiger partial charge >= 0.3 is 17.9 Å². The molecule has 6 nitrogen and oxygen atoms in total. The molecule has 1 atom stereocenters. The molecule has 0 aliphatic rings. The maximum atomic E-state index is 12.8. The van der Waals surface area contributed by atoms with Crippen molar-refractivity contribution in [2.75, 3.05) is 13.2 Å². The molecule has 0 saturated heterocycles. The number of hydrogen-bond acceptors (Lipinski definition) is 6. The van der Waals surface area contributed by atoms with Crippen molar-refractivity contribution in [3.63, 3.8) is 0 Å². The van der Waals surface area contributed by atoms with Crippen LogP contribution in [0.5, 0.6) is 0 Å². The Kier molecular flexibility index (Phi) is 60.4. The first-order valence-electron chi connectivity index (χ1n) is 31.7. The third-order valence-corrected chi connectivity index (χ3v) is 13.1. The van der Waals surface area contributed by atoms with E-state index in [9.17, 15) is 14.4 Å². The Balaban J connectivity index is 4.23. The molecule has 0 bridgehead atoms. The van der Waals surface area contributed by atoms with Gasteiger partial charge in [-0.15, -0.1) is 0 Å². The Morgan fingerprint density at radius 1 is 0.273 bits per heavy atom. The molecule has 0 aromatic carbocycles. The molecule has 0 rings (SSSR count). The highest BCUT2D eigenvalue weighted by Crippen LogP contribution is 2.14. The van der Waals surface area contributed by atoms with E-state index < -0.39 is 6.10 Å². The normalized spacial score (nSPS) is 13.0. The third kappa shape index (κ3) is 62.3. The van der Waals surface area contributed by atoms with E-state index in [1.165, 1.54) is 89.9 Å². The predicted molar refractivity (Wildman–Crippen MR) is 334 cm³/mol. The molecular weight excluding hydrogens is 949 g/mol. The summed E-state index contributed by atoms with van der Waals surface area (Å²) in [5, 5.41) is 0. The molecule has 0 heterocycles. The van der Waals surface area contributed by atoms with Crippen LogP contribution >= 0.6 is 0 Å². The molecule has 77 heavy (non-hydrogen) atoms. The summed E-state index contributed by atoms with van der Waals surface area (Å²) in [6.45, 7) is 6.45. The van der Waals surface area contributed by atoms with E-state index in [1.54, 1.807) is 0 Å². The van der Waals surface area contributed by atoms with Crippen molar-refractivity contribution >= 4 is 17.9 Å². The van der Waals surface area contributed by atoms with Gasteiger partial charge in [0.15, 0.2) is 6.10 Å². The smallest absolute Gasteiger partial charge is 0.306 e. The summed E-state index contributed by atoms with van der Waals surface area (Å²) in [5.74, 6) is -0.926. The summed E-state index contributed by atoms with van der Waals surface area (Å²) in [5.41, 5.74) is 0. The van der Waals surface area contributed by atoms with Crippen LogP contribution in [0.25, 0.3) is 0 Å². The highest BCUT2D eigenvalue weighted by Gasteiger charge is 2.19. The SMILES string of the molecule is CC/C=C\C/C=C\C/C=C\C/C=C\C/C=C\C/C=C\C/C=C\C/C=C\CCCCCCCCC(=O)OCC(COC(=O)CCCCCCCCC)OC(=O)CCCCCCCC/C=C\C/C=C\C/C=C\CCCCCCC. The topological polar surface area (TPSA) is 78.9 Å². The fourth-order valence-corrected chi connectivity index (χ4v) is 8.41. The number of rotatable bonds is 56. The van der Waals surface area contributed by atoms with Crippen molar-refractivity contribution in [1.29, 1.82) is 0 Å². The van der Waals surface area contributed by atoms with E-state index >= 15 is 0 Å². The second-order valence-electron chi connectivity index (χ2n) is 20.6. The summed E-state index contributed by atoms with van der Waals surface area (Å²) in [6.07, 6.45) is 90.4. The Labute approximate surface area is 475 Å². The van der Waals surface area contributed by atoms with Crippen LogP contribution < -0.4 is 0 Å². The molecule has 0 saturated carbocycles. The van der Waals surface area contributed by atoms with E-state index in [-0.39, 0.29) is 31.1 Å². The van der Waals surface area contributed by atoms with E-state index in [0.29, 0.717) is 19.3 Å². The number of carbonyl (C=O) groups is 3. The van der Waals surface area contributed by atoms with Gasteiger partial charge in [-0.3, -0.25) is 14.4 Å². The molecule has 0 aliphatic heterocycles. The van der Waals surface area contributed by atoms with Crippen LogP contribution in [0.1, 0.15) is 278 Å². The number of esters is 3. The first kappa shape index (κ1) is 72.5. The monoisotopic (exact) mass is 1060 g/mol. The van der Waals surface area contributed by atoms with Gasteiger partial charge in [-0.2, -0.15) is 0 Å². The lowest BCUT2D eigenvalue weighted by molar-refractivity contribution is -0.167. The average Bonchev–Trinajstić information content (AvgIpc) is 3.43. The van der Waals surface area contributed by atoms with Gasteiger partial charge in [0, 0.05) is 19.3 Å². The number of hydrogen-bond donors (Lipinski definition) is 0. The first-order chi connectivity index (χ1) is 38.0. The molecule has 0 amide bonds. The number of carbonyl (C=O) groups excluding carboxylic acids is 3. The largest absolute Gasteiger partial charge is 0.462 e. The van der Waals surface area contributed by atoms with Crippen molar-refractivity contribution < 1.29 is 28.6 Å². The van der Waals surface area contributed by atoms with Crippen molar-refractivity contribution in [3.8, 4) is 0 Å². The molecule has 6 heteroatoms. The van der Waals surface area contributed by atoms with Crippen LogP contribution in [0.15, 0.2) is 134 Å². The molecule has 0 fully saturated rings. The molecule has 0 aliphatic carbocycles. The summed E-state index contributed by atoms with van der Waals surface area (Å²) in [4.78, 5) is 38.1. The van der Waals surface area contributed by atoms with Crippen molar-refractivity contribution in [2.24, 2.45) is 0 Å². The van der Waals surface area contributed by atoms with Crippen LogP contribution in [0.2, 0.25) is 0 Å². The van der Waals surface area contributed by atoms with Gasteiger partial charge in [0.25, 0.3) is 0 Å².